The van der Waals surface area contributed by atoms with Crippen LogP contribution in [0.4, 0.5) is 0 Å². The average Bonchev–Trinajstić information content (AvgIpc) is 2.93. The third-order valence-corrected chi connectivity index (χ3v) is 7.60. The summed E-state index contributed by atoms with van der Waals surface area (Å²) in [6.07, 6.45) is 18.3. The monoisotopic (exact) mass is 508 g/mol. The summed E-state index contributed by atoms with van der Waals surface area (Å²) in [5.41, 5.74) is 0.508. The fourth-order valence-electron chi connectivity index (χ4n) is 5.23. The van der Waals surface area contributed by atoms with E-state index < -0.39 is 0 Å². The maximum absolute atomic E-state index is 12.5. The molecule has 0 atom stereocenters. The first-order valence-electron chi connectivity index (χ1n) is 14.9. The summed E-state index contributed by atoms with van der Waals surface area (Å²) in [5, 5.41) is 0. The summed E-state index contributed by atoms with van der Waals surface area (Å²) in [4.78, 5) is 12.5. The van der Waals surface area contributed by atoms with E-state index in [1.165, 1.54) is 77.0 Å². The minimum Gasteiger partial charge on any atom is -0.494 e. The second-order valence-electron chi connectivity index (χ2n) is 10.7. The highest BCUT2D eigenvalue weighted by Gasteiger charge is 2.20. The van der Waals surface area contributed by atoms with Crippen molar-refractivity contribution in [3.63, 3.8) is 0 Å². The molecule has 1 aliphatic carbocycles. The van der Waals surface area contributed by atoms with E-state index in [1.54, 1.807) is 24.3 Å². The molecule has 1 saturated carbocycles. The lowest BCUT2D eigenvalue weighted by molar-refractivity contribution is 0.0734. The van der Waals surface area contributed by atoms with Gasteiger partial charge in [-0.1, -0.05) is 84.5 Å². The number of hydrogen-bond acceptors (Lipinski definition) is 4. The van der Waals surface area contributed by atoms with Gasteiger partial charge in [0, 0.05) is 0 Å². The molecule has 1 fully saturated rings. The van der Waals surface area contributed by atoms with Crippen LogP contribution >= 0.6 is 0 Å². The van der Waals surface area contributed by atoms with Gasteiger partial charge < -0.3 is 14.2 Å². The van der Waals surface area contributed by atoms with Crippen LogP contribution in [0.3, 0.4) is 0 Å². The van der Waals surface area contributed by atoms with E-state index in [0.29, 0.717) is 17.9 Å². The summed E-state index contributed by atoms with van der Waals surface area (Å²) >= 11 is 0. The summed E-state index contributed by atoms with van der Waals surface area (Å²) in [5.74, 6) is 3.60. The quantitative estimate of drug-likeness (QED) is 0.121. The van der Waals surface area contributed by atoms with Crippen LogP contribution in [0.1, 0.15) is 114 Å². The van der Waals surface area contributed by atoms with E-state index in [2.05, 4.69) is 13.8 Å². The van der Waals surface area contributed by atoms with Gasteiger partial charge in [0.2, 0.25) is 0 Å². The highest BCUT2D eigenvalue weighted by molar-refractivity contribution is 5.91. The lowest BCUT2D eigenvalue weighted by atomic mass is 9.78. The number of ether oxygens (including phenoxy) is 3. The Labute approximate surface area is 225 Å². The first-order chi connectivity index (χ1) is 18.2. The molecular formula is C33H48O4. The standard InChI is InChI=1S/C33H48O4/c1-3-5-7-9-25-35-30-19-17-29(18-20-30)33(34)37-32-23-21-31(22-24-32)36-26-10-12-28-15-13-27(14-16-28)11-8-6-4-2/h17-24,27-28H,3-16,25-26H2,1-2H3/t27-,28-. The predicted molar refractivity (Wildman–Crippen MR) is 152 cm³/mol. The van der Waals surface area contributed by atoms with Gasteiger partial charge >= 0.3 is 5.97 Å². The number of unbranched alkanes of at least 4 members (excludes halogenated alkanes) is 5. The van der Waals surface area contributed by atoms with Crippen LogP contribution in [0.25, 0.3) is 0 Å². The van der Waals surface area contributed by atoms with E-state index in [-0.39, 0.29) is 5.97 Å². The molecule has 0 radical (unpaired) electrons. The molecule has 1 aliphatic rings. The Kier molecular flexibility index (Phi) is 13.4. The Morgan fingerprint density at radius 1 is 0.622 bits per heavy atom. The fraction of sp³-hybridized carbons (Fsp3) is 0.606. The zero-order chi connectivity index (χ0) is 26.1. The van der Waals surface area contributed by atoms with Gasteiger partial charge in [0.1, 0.15) is 17.2 Å². The lowest BCUT2D eigenvalue weighted by Crippen LogP contribution is -2.15. The Hall–Kier alpha value is -2.49. The zero-order valence-electron chi connectivity index (χ0n) is 23.2. The normalized spacial score (nSPS) is 17.4. The first-order valence-corrected chi connectivity index (χ1v) is 14.9. The molecule has 3 rings (SSSR count). The van der Waals surface area contributed by atoms with Gasteiger partial charge in [-0.2, -0.15) is 0 Å². The molecule has 0 unspecified atom stereocenters. The Balaban J connectivity index is 1.30. The van der Waals surface area contributed by atoms with Gasteiger partial charge in [-0.3, -0.25) is 0 Å². The molecule has 2 aromatic carbocycles. The summed E-state index contributed by atoms with van der Waals surface area (Å²) in [6, 6.07) is 14.5. The van der Waals surface area contributed by atoms with Crippen molar-refractivity contribution in [2.45, 2.75) is 104 Å². The Morgan fingerprint density at radius 2 is 1.11 bits per heavy atom. The molecule has 4 nitrogen and oxygen atoms in total. The van der Waals surface area contributed by atoms with E-state index >= 15 is 0 Å². The van der Waals surface area contributed by atoms with Crippen LogP contribution < -0.4 is 14.2 Å². The van der Waals surface area contributed by atoms with Crippen LogP contribution in [-0.2, 0) is 0 Å². The van der Waals surface area contributed by atoms with E-state index in [0.717, 1.165) is 42.8 Å². The van der Waals surface area contributed by atoms with Crippen molar-refractivity contribution in [3.8, 4) is 17.2 Å². The van der Waals surface area contributed by atoms with Crippen molar-refractivity contribution >= 4 is 5.97 Å². The van der Waals surface area contributed by atoms with Gasteiger partial charge in [0.15, 0.2) is 0 Å². The van der Waals surface area contributed by atoms with Gasteiger partial charge in [-0.25, -0.2) is 4.79 Å². The maximum atomic E-state index is 12.5. The van der Waals surface area contributed by atoms with E-state index in [9.17, 15) is 4.79 Å². The maximum Gasteiger partial charge on any atom is 0.343 e. The molecule has 0 aromatic heterocycles. The molecule has 37 heavy (non-hydrogen) atoms. The number of carbonyl (C=O) groups is 1. The third-order valence-electron chi connectivity index (χ3n) is 7.60. The lowest BCUT2D eigenvalue weighted by Gasteiger charge is -2.28. The van der Waals surface area contributed by atoms with Crippen molar-refractivity contribution in [2.24, 2.45) is 11.8 Å². The van der Waals surface area contributed by atoms with E-state index in [1.807, 2.05) is 24.3 Å². The molecule has 2 aromatic rings. The van der Waals surface area contributed by atoms with E-state index in [4.69, 9.17) is 14.2 Å². The molecular weight excluding hydrogens is 460 g/mol. The van der Waals surface area contributed by atoms with Crippen molar-refractivity contribution in [3.05, 3.63) is 54.1 Å². The van der Waals surface area contributed by atoms with Crippen LogP contribution in [0.15, 0.2) is 48.5 Å². The fourth-order valence-corrected chi connectivity index (χ4v) is 5.23. The number of carbonyl (C=O) groups excluding carboxylic acids is 1. The highest BCUT2D eigenvalue weighted by atomic mass is 16.5. The average molecular weight is 509 g/mol. The number of hydrogen-bond donors (Lipinski definition) is 0. The molecule has 0 aliphatic heterocycles. The van der Waals surface area contributed by atoms with Gasteiger partial charge in [-0.15, -0.1) is 0 Å². The zero-order valence-corrected chi connectivity index (χ0v) is 23.2. The second-order valence-corrected chi connectivity index (χ2v) is 10.7. The third kappa shape index (κ3) is 11.2. The van der Waals surface area contributed by atoms with Crippen LogP contribution in [0.2, 0.25) is 0 Å². The number of esters is 1. The Morgan fingerprint density at radius 3 is 1.70 bits per heavy atom. The van der Waals surface area contributed by atoms with Crippen molar-refractivity contribution < 1.29 is 19.0 Å². The second kappa shape index (κ2) is 17.1. The predicted octanol–water partition coefficient (Wildman–Crippen LogP) is 9.41. The molecule has 0 amide bonds. The summed E-state index contributed by atoms with van der Waals surface area (Å²) in [7, 11) is 0. The van der Waals surface area contributed by atoms with Crippen molar-refractivity contribution in [1.29, 1.82) is 0 Å². The molecule has 0 spiro atoms. The molecule has 0 N–H and O–H groups in total. The van der Waals surface area contributed by atoms with Gasteiger partial charge in [-0.05, 0) is 79.6 Å². The number of benzene rings is 2. The first kappa shape index (κ1) is 29.1. The van der Waals surface area contributed by atoms with Gasteiger partial charge in [0.05, 0.1) is 18.8 Å². The smallest absolute Gasteiger partial charge is 0.343 e. The highest BCUT2D eigenvalue weighted by Crippen LogP contribution is 2.34. The molecule has 0 saturated heterocycles. The van der Waals surface area contributed by atoms with Crippen molar-refractivity contribution in [1.82, 2.24) is 0 Å². The Bertz CT molecular complexity index is 866. The molecule has 4 heteroatoms. The minimum atomic E-state index is -0.372. The van der Waals surface area contributed by atoms with Gasteiger partial charge in [0.25, 0.3) is 0 Å². The van der Waals surface area contributed by atoms with Crippen LogP contribution in [-0.4, -0.2) is 19.2 Å². The van der Waals surface area contributed by atoms with Crippen LogP contribution in [0.5, 0.6) is 17.2 Å². The SMILES string of the molecule is CCCCCCOc1ccc(C(=O)Oc2ccc(OCCC[C@H]3CC[C@H](CCCCC)CC3)cc2)cc1. The molecule has 204 valence electrons. The largest absolute Gasteiger partial charge is 0.494 e. The summed E-state index contributed by atoms with van der Waals surface area (Å²) < 4.78 is 17.2. The summed E-state index contributed by atoms with van der Waals surface area (Å²) in [6.45, 7) is 5.93. The van der Waals surface area contributed by atoms with Crippen LogP contribution in [0, 0.1) is 11.8 Å². The topological polar surface area (TPSA) is 44.8 Å². The van der Waals surface area contributed by atoms with Crippen molar-refractivity contribution in [2.75, 3.05) is 13.2 Å². The minimum absolute atomic E-state index is 0.372. The molecule has 0 heterocycles. The molecule has 0 bridgehead atoms. The number of rotatable bonds is 17.